The second-order valence-corrected chi connectivity index (χ2v) is 7.18. The van der Waals surface area contributed by atoms with Crippen LogP contribution in [0.3, 0.4) is 0 Å². The van der Waals surface area contributed by atoms with Gasteiger partial charge in [-0.15, -0.1) is 10.1 Å². The minimum Gasteiger partial charge on any atom is -0.490 e. The average molecular weight is 487 g/mol. The molecule has 0 radical (unpaired) electrons. The number of hydrogen-bond donors (Lipinski definition) is 1. The van der Waals surface area contributed by atoms with Crippen molar-refractivity contribution in [2.45, 2.75) is 6.92 Å². The van der Waals surface area contributed by atoms with Gasteiger partial charge in [0.05, 0.1) is 17.0 Å². The normalized spacial score (nSPS) is 11.1. The van der Waals surface area contributed by atoms with E-state index in [2.05, 4.69) is 4.98 Å². The van der Waals surface area contributed by atoms with Crippen LogP contribution in [-0.4, -0.2) is 33.1 Å². The summed E-state index contributed by atoms with van der Waals surface area (Å²) in [5.74, 6) is 1.36. The first-order valence-corrected chi connectivity index (χ1v) is 9.90. The lowest BCUT2D eigenvalue weighted by Crippen LogP contribution is -2.08. The molecule has 1 N–H and O–H groups in total. The molecule has 11 heteroatoms. The van der Waals surface area contributed by atoms with Crippen molar-refractivity contribution in [2.75, 3.05) is 13.2 Å². The fourth-order valence-corrected chi connectivity index (χ4v) is 3.08. The van der Waals surface area contributed by atoms with E-state index in [0.29, 0.717) is 34.0 Å². The lowest BCUT2D eigenvalue weighted by molar-refractivity contribution is -0.742. The third-order valence-corrected chi connectivity index (χ3v) is 4.61. The number of nitrogens with zero attached hydrogens (tertiary/aromatic N) is 3. The van der Waals surface area contributed by atoms with Gasteiger partial charge in [-0.2, -0.15) is 0 Å². The minimum absolute atomic E-state index is 0.336. The van der Waals surface area contributed by atoms with Gasteiger partial charge >= 0.3 is 0 Å². The van der Waals surface area contributed by atoms with Crippen LogP contribution in [0.15, 0.2) is 61.2 Å². The third kappa shape index (κ3) is 8.01. The SMILES string of the molecule is C/C(=C(\OCCOc1ccc(Cl)cc1)c1ccc(Cl)cc1Cl)n1ccnc1.O=[N+]([O-])O. The van der Waals surface area contributed by atoms with Crippen molar-refractivity contribution in [1.29, 1.82) is 0 Å². The Morgan fingerprint density at radius 3 is 2.35 bits per heavy atom. The van der Waals surface area contributed by atoms with Crippen molar-refractivity contribution >= 4 is 46.3 Å². The number of rotatable bonds is 7. The number of halogens is 3. The molecule has 0 saturated carbocycles. The van der Waals surface area contributed by atoms with Crippen LogP contribution >= 0.6 is 34.8 Å². The molecule has 3 aromatic rings. The molecule has 0 spiro atoms. The molecule has 0 fully saturated rings. The van der Waals surface area contributed by atoms with Gasteiger partial charge in [0, 0.05) is 28.0 Å². The zero-order valence-electron chi connectivity index (χ0n) is 16.2. The Bertz CT molecular complexity index is 1020. The van der Waals surface area contributed by atoms with E-state index in [1.807, 2.05) is 35.9 Å². The van der Waals surface area contributed by atoms with Crippen molar-refractivity contribution < 1.29 is 19.8 Å². The Kier molecular flexibility index (Phi) is 9.45. The van der Waals surface area contributed by atoms with Gasteiger partial charge in [0.15, 0.2) is 0 Å². The van der Waals surface area contributed by atoms with Crippen molar-refractivity contribution in [1.82, 2.24) is 9.55 Å². The van der Waals surface area contributed by atoms with Crippen LogP contribution in [0.5, 0.6) is 5.75 Å². The van der Waals surface area contributed by atoms with Crippen LogP contribution < -0.4 is 4.74 Å². The van der Waals surface area contributed by atoms with Gasteiger partial charge in [-0.3, -0.25) is 0 Å². The van der Waals surface area contributed by atoms with Crippen molar-refractivity contribution in [3.05, 3.63) is 91.9 Å². The number of imidazole rings is 1. The maximum absolute atomic E-state index is 8.36. The molecule has 31 heavy (non-hydrogen) atoms. The Morgan fingerprint density at radius 1 is 1.13 bits per heavy atom. The van der Waals surface area contributed by atoms with E-state index in [4.69, 9.17) is 59.6 Å². The molecule has 0 aliphatic carbocycles. The van der Waals surface area contributed by atoms with Crippen LogP contribution in [0.1, 0.15) is 12.5 Å². The molecule has 0 amide bonds. The van der Waals surface area contributed by atoms with E-state index >= 15 is 0 Å². The molecule has 0 aliphatic heterocycles. The van der Waals surface area contributed by atoms with E-state index in [0.717, 1.165) is 17.0 Å². The fourth-order valence-electron chi connectivity index (χ4n) is 2.46. The molecule has 0 unspecified atom stereocenters. The monoisotopic (exact) mass is 485 g/mol. The van der Waals surface area contributed by atoms with E-state index in [-0.39, 0.29) is 0 Å². The van der Waals surface area contributed by atoms with E-state index in [1.165, 1.54) is 0 Å². The van der Waals surface area contributed by atoms with Gasteiger partial charge < -0.3 is 19.2 Å². The average Bonchev–Trinajstić information content (AvgIpc) is 3.24. The Balaban J connectivity index is 0.000000785. The highest BCUT2D eigenvalue weighted by atomic mass is 35.5. The summed E-state index contributed by atoms with van der Waals surface area (Å²) in [5, 5.41) is 15.4. The summed E-state index contributed by atoms with van der Waals surface area (Å²) in [7, 11) is 0. The minimum atomic E-state index is -1.50. The molecule has 0 aliphatic rings. The predicted octanol–water partition coefficient (Wildman–Crippen LogP) is 5.94. The lowest BCUT2D eigenvalue weighted by Gasteiger charge is -2.17. The molecular weight excluding hydrogens is 469 g/mol. The molecular formula is C20H18Cl3N3O5. The highest BCUT2D eigenvalue weighted by Gasteiger charge is 2.14. The lowest BCUT2D eigenvalue weighted by atomic mass is 10.1. The largest absolute Gasteiger partial charge is 0.490 e. The summed E-state index contributed by atoms with van der Waals surface area (Å²) >= 11 is 18.3. The van der Waals surface area contributed by atoms with Crippen LogP contribution in [0.25, 0.3) is 11.5 Å². The maximum Gasteiger partial charge on any atom is 0.291 e. The molecule has 164 valence electrons. The highest BCUT2D eigenvalue weighted by molar-refractivity contribution is 6.35. The number of allylic oxidation sites excluding steroid dienone is 1. The molecule has 0 bridgehead atoms. The molecule has 1 heterocycles. The number of aromatic nitrogens is 2. The summed E-state index contributed by atoms with van der Waals surface area (Å²) in [6.45, 7) is 2.64. The quantitative estimate of drug-likeness (QED) is 0.192. The van der Waals surface area contributed by atoms with Gasteiger partial charge in [-0.25, -0.2) is 4.98 Å². The van der Waals surface area contributed by atoms with Crippen molar-refractivity contribution in [3.8, 4) is 5.75 Å². The van der Waals surface area contributed by atoms with E-state index in [9.17, 15) is 0 Å². The highest BCUT2D eigenvalue weighted by Crippen LogP contribution is 2.31. The van der Waals surface area contributed by atoms with Crippen LogP contribution in [-0.2, 0) is 4.74 Å². The van der Waals surface area contributed by atoms with E-state index in [1.54, 1.807) is 36.8 Å². The maximum atomic E-state index is 8.36. The number of ether oxygens (including phenoxy) is 2. The summed E-state index contributed by atoms with van der Waals surface area (Å²) in [6.07, 6.45) is 5.24. The smallest absolute Gasteiger partial charge is 0.291 e. The fraction of sp³-hybridized carbons (Fsp3) is 0.150. The summed E-state index contributed by atoms with van der Waals surface area (Å²) in [5.41, 5.74) is 1.60. The summed E-state index contributed by atoms with van der Waals surface area (Å²) < 4.78 is 13.6. The van der Waals surface area contributed by atoms with Crippen molar-refractivity contribution in [2.24, 2.45) is 0 Å². The summed E-state index contributed by atoms with van der Waals surface area (Å²) in [6, 6.07) is 12.5. The standard InChI is InChI=1S/C20H17Cl3N2O2.HNO3/c1-14(25-9-8-24-13-25)20(18-7-4-16(22)12-19(18)23)27-11-10-26-17-5-2-15(21)3-6-17;2-1(3)4/h2-9,12-13H,10-11H2,1H3;(H,2,3,4)/b20-14+;. The Morgan fingerprint density at radius 2 is 1.77 bits per heavy atom. The molecule has 0 atom stereocenters. The van der Waals surface area contributed by atoms with Crippen molar-refractivity contribution in [3.63, 3.8) is 0 Å². The van der Waals surface area contributed by atoms with Crippen LogP contribution in [0, 0.1) is 10.1 Å². The van der Waals surface area contributed by atoms with Gasteiger partial charge in [0.25, 0.3) is 5.09 Å². The zero-order valence-corrected chi connectivity index (χ0v) is 18.5. The Labute approximate surface area is 193 Å². The van der Waals surface area contributed by atoms with Gasteiger partial charge in [-0.05, 0) is 49.4 Å². The number of hydrogen-bond acceptors (Lipinski definition) is 5. The number of benzene rings is 2. The molecule has 1 aromatic heterocycles. The zero-order chi connectivity index (χ0) is 22.8. The van der Waals surface area contributed by atoms with Gasteiger partial charge in [-0.1, -0.05) is 34.8 Å². The molecule has 3 rings (SSSR count). The topological polar surface area (TPSA) is 99.7 Å². The third-order valence-electron chi connectivity index (χ3n) is 3.81. The molecule has 8 nitrogen and oxygen atoms in total. The van der Waals surface area contributed by atoms with Gasteiger partial charge in [0.1, 0.15) is 24.7 Å². The van der Waals surface area contributed by atoms with Crippen LogP contribution in [0.4, 0.5) is 0 Å². The first-order chi connectivity index (χ1) is 14.8. The van der Waals surface area contributed by atoms with Crippen LogP contribution in [0.2, 0.25) is 15.1 Å². The first kappa shape index (κ1) is 24.3. The first-order valence-electron chi connectivity index (χ1n) is 8.77. The second-order valence-electron chi connectivity index (χ2n) is 5.90. The van der Waals surface area contributed by atoms with E-state index < -0.39 is 5.09 Å². The second kappa shape index (κ2) is 12.0. The molecule has 2 aromatic carbocycles. The van der Waals surface area contributed by atoms with Gasteiger partial charge in [0.2, 0.25) is 0 Å². The summed E-state index contributed by atoms with van der Waals surface area (Å²) in [4.78, 5) is 12.4. The molecule has 0 saturated heterocycles. The Hall–Kier alpha value is -2.94. The predicted molar refractivity (Wildman–Crippen MR) is 119 cm³/mol.